The molecule has 184 valence electrons. The molecule has 1 heterocycles. The number of benzene rings is 2. The fourth-order valence-corrected chi connectivity index (χ4v) is 4.25. The van der Waals surface area contributed by atoms with Crippen molar-refractivity contribution in [2.24, 2.45) is 5.92 Å². The number of unbranched alkanes of at least 4 members (excludes halogenated alkanes) is 1. The third-order valence-corrected chi connectivity index (χ3v) is 6.01. The molecule has 0 saturated carbocycles. The number of ether oxygens (including phenoxy) is 2. The van der Waals surface area contributed by atoms with E-state index in [0.29, 0.717) is 31.1 Å². The first-order valence-corrected chi connectivity index (χ1v) is 12.6. The van der Waals surface area contributed by atoms with Crippen LogP contribution in [0.15, 0.2) is 48.0 Å². The quantitative estimate of drug-likeness (QED) is 0.376. The van der Waals surface area contributed by atoms with Crippen LogP contribution in [-0.4, -0.2) is 44.0 Å². The van der Waals surface area contributed by atoms with Crippen molar-refractivity contribution in [3.05, 3.63) is 53.6 Å². The minimum atomic E-state index is -0.825. The summed E-state index contributed by atoms with van der Waals surface area (Å²) in [6, 6.07) is 14.5. The van der Waals surface area contributed by atoms with Crippen molar-refractivity contribution in [1.29, 1.82) is 0 Å². The van der Waals surface area contributed by atoms with Gasteiger partial charge in [0.1, 0.15) is 12.4 Å². The van der Waals surface area contributed by atoms with Gasteiger partial charge in [-0.1, -0.05) is 45.4 Å². The SMILES string of the molecule is CCCCOCCOc1ccc(-c2ccc3c(c2)C=C(C(=O)O)CCCCN3CC(C)C)cc1. The maximum Gasteiger partial charge on any atom is 0.331 e. The lowest BCUT2D eigenvalue weighted by atomic mass is 9.99. The van der Waals surface area contributed by atoms with Gasteiger partial charge < -0.3 is 19.5 Å². The summed E-state index contributed by atoms with van der Waals surface area (Å²) in [5, 5.41) is 9.73. The van der Waals surface area contributed by atoms with E-state index in [0.717, 1.165) is 73.5 Å². The topological polar surface area (TPSA) is 59.0 Å². The maximum absolute atomic E-state index is 11.8. The highest BCUT2D eigenvalue weighted by Gasteiger charge is 2.17. The number of carboxylic acids is 1. The van der Waals surface area contributed by atoms with E-state index in [1.807, 2.05) is 18.2 Å². The molecule has 34 heavy (non-hydrogen) atoms. The van der Waals surface area contributed by atoms with Gasteiger partial charge in [0.2, 0.25) is 0 Å². The lowest BCUT2D eigenvalue weighted by molar-refractivity contribution is -0.132. The third kappa shape index (κ3) is 7.63. The molecule has 3 rings (SSSR count). The summed E-state index contributed by atoms with van der Waals surface area (Å²) < 4.78 is 11.3. The van der Waals surface area contributed by atoms with Crippen LogP contribution in [0.3, 0.4) is 0 Å². The molecule has 5 heteroatoms. The fourth-order valence-electron chi connectivity index (χ4n) is 4.25. The van der Waals surface area contributed by atoms with E-state index in [1.165, 1.54) is 0 Å². The molecule has 0 fully saturated rings. The zero-order valence-corrected chi connectivity index (χ0v) is 20.9. The zero-order valence-electron chi connectivity index (χ0n) is 20.9. The van der Waals surface area contributed by atoms with E-state index in [-0.39, 0.29) is 0 Å². The van der Waals surface area contributed by atoms with Crippen LogP contribution in [0.4, 0.5) is 5.69 Å². The van der Waals surface area contributed by atoms with Crippen LogP contribution in [-0.2, 0) is 9.53 Å². The van der Waals surface area contributed by atoms with Crippen molar-refractivity contribution in [2.75, 3.05) is 37.8 Å². The van der Waals surface area contributed by atoms with E-state index >= 15 is 0 Å². The molecule has 1 aliphatic heterocycles. The summed E-state index contributed by atoms with van der Waals surface area (Å²) in [5.41, 5.74) is 4.71. The molecule has 1 aliphatic rings. The van der Waals surface area contributed by atoms with Crippen LogP contribution >= 0.6 is 0 Å². The Morgan fingerprint density at radius 1 is 1.03 bits per heavy atom. The highest BCUT2D eigenvalue weighted by atomic mass is 16.5. The van der Waals surface area contributed by atoms with Crippen molar-refractivity contribution in [2.45, 2.75) is 52.9 Å². The summed E-state index contributed by atoms with van der Waals surface area (Å²) in [4.78, 5) is 14.3. The first-order valence-electron chi connectivity index (χ1n) is 12.6. The predicted octanol–water partition coefficient (Wildman–Crippen LogP) is 6.66. The van der Waals surface area contributed by atoms with Crippen molar-refractivity contribution in [3.63, 3.8) is 0 Å². The van der Waals surface area contributed by atoms with Crippen molar-refractivity contribution >= 4 is 17.7 Å². The molecule has 0 atom stereocenters. The lowest BCUT2D eigenvalue weighted by Crippen LogP contribution is -2.29. The highest BCUT2D eigenvalue weighted by Crippen LogP contribution is 2.32. The zero-order chi connectivity index (χ0) is 24.3. The number of rotatable bonds is 11. The van der Waals surface area contributed by atoms with Gasteiger partial charge in [-0.15, -0.1) is 0 Å². The molecule has 2 aromatic carbocycles. The second-order valence-corrected chi connectivity index (χ2v) is 9.38. The maximum atomic E-state index is 11.8. The van der Waals surface area contributed by atoms with Gasteiger partial charge in [-0.25, -0.2) is 4.79 Å². The number of carboxylic acid groups (broad SMARTS) is 1. The van der Waals surface area contributed by atoms with E-state index in [4.69, 9.17) is 9.47 Å². The first-order chi connectivity index (χ1) is 16.5. The van der Waals surface area contributed by atoms with Gasteiger partial charge in [-0.3, -0.25) is 0 Å². The third-order valence-electron chi connectivity index (χ3n) is 6.01. The molecule has 5 nitrogen and oxygen atoms in total. The van der Waals surface area contributed by atoms with E-state index in [2.05, 4.69) is 56.0 Å². The number of carbonyl (C=O) groups is 1. The van der Waals surface area contributed by atoms with Crippen LogP contribution in [0.25, 0.3) is 17.2 Å². The molecule has 0 spiro atoms. The molecule has 0 aliphatic carbocycles. The standard InChI is InChI=1S/C29H39NO4/c1-4-5-16-33-17-18-34-27-12-9-23(10-13-27)24-11-14-28-26(19-24)20-25(29(31)32)8-6-7-15-30(28)21-22(2)3/h9-14,19-20,22H,4-8,15-18,21H2,1-3H3,(H,31,32). The summed E-state index contributed by atoms with van der Waals surface area (Å²) >= 11 is 0. The molecule has 1 N–H and O–H groups in total. The average molecular weight is 466 g/mol. The van der Waals surface area contributed by atoms with Gasteiger partial charge in [0.25, 0.3) is 0 Å². The molecule has 0 bridgehead atoms. The van der Waals surface area contributed by atoms with Crippen molar-refractivity contribution in [1.82, 2.24) is 0 Å². The monoisotopic (exact) mass is 465 g/mol. The van der Waals surface area contributed by atoms with E-state index in [9.17, 15) is 9.90 Å². The van der Waals surface area contributed by atoms with Gasteiger partial charge in [0, 0.05) is 31.0 Å². The predicted molar refractivity (Wildman–Crippen MR) is 140 cm³/mol. The van der Waals surface area contributed by atoms with Crippen LogP contribution < -0.4 is 9.64 Å². The Hall–Kier alpha value is -2.79. The Morgan fingerprint density at radius 2 is 1.79 bits per heavy atom. The molecular formula is C29H39NO4. The minimum Gasteiger partial charge on any atom is -0.491 e. The van der Waals surface area contributed by atoms with Crippen LogP contribution in [0, 0.1) is 5.92 Å². The normalized spacial score (nSPS) is 14.1. The molecule has 2 aromatic rings. The Bertz CT molecular complexity index is 949. The molecule has 0 unspecified atom stereocenters. The van der Waals surface area contributed by atoms with Crippen LogP contribution in [0.1, 0.15) is 58.4 Å². The molecule has 0 radical (unpaired) electrons. The second kappa shape index (κ2) is 13.2. The van der Waals surface area contributed by atoms with Crippen molar-refractivity contribution < 1.29 is 19.4 Å². The summed E-state index contributed by atoms with van der Waals surface area (Å²) in [6.07, 6.45) is 6.56. The summed E-state index contributed by atoms with van der Waals surface area (Å²) in [5.74, 6) is 0.524. The largest absolute Gasteiger partial charge is 0.491 e. The number of nitrogens with zero attached hydrogens (tertiary/aromatic N) is 1. The number of hydrogen-bond donors (Lipinski definition) is 1. The summed E-state index contributed by atoms with van der Waals surface area (Å²) in [7, 11) is 0. The number of anilines is 1. The first kappa shape index (κ1) is 25.8. The van der Waals surface area contributed by atoms with Crippen LogP contribution in [0.5, 0.6) is 5.75 Å². The van der Waals surface area contributed by atoms with E-state index < -0.39 is 5.97 Å². The van der Waals surface area contributed by atoms with Gasteiger partial charge in [-0.2, -0.15) is 0 Å². The minimum absolute atomic E-state index is 0.481. The molecule has 0 saturated heterocycles. The highest BCUT2D eigenvalue weighted by molar-refractivity contribution is 5.94. The molecule has 0 aromatic heterocycles. The van der Waals surface area contributed by atoms with Gasteiger partial charge >= 0.3 is 5.97 Å². The number of hydrogen-bond acceptors (Lipinski definition) is 4. The smallest absolute Gasteiger partial charge is 0.331 e. The molecule has 0 amide bonds. The average Bonchev–Trinajstić information content (AvgIpc) is 2.90. The fraction of sp³-hybridized carbons (Fsp3) is 0.483. The van der Waals surface area contributed by atoms with Gasteiger partial charge in [0.15, 0.2) is 0 Å². The number of aliphatic carboxylic acids is 1. The Balaban J connectivity index is 1.80. The second-order valence-electron chi connectivity index (χ2n) is 9.38. The Morgan fingerprint density at radius 3 is 2.50 bits per heavy atom. The van der Waals surface area contributed by atoms with Crippen LogP contribution in [0.2, 0.25) is 0 Å². The Kier molecular flexibility index (Phi) is 10.0. The Labute approximate surface area is 204 Å². The molecular weight excluding hydrogens is 426 g/mol. The van der Waals surface area contributed by atoms with Gasteiger partial charge in [-0.05, 0) is 78.6 Å². The summed E-state index contributed by atoms with van der Waals surface area (Å²) in [6.45, 7) is 10.4. The van der Waals surface area contributed by atoms with E-state index in [1.54, 1.807) is 0 Å². The lowest BCUT2D eigenvalue weighted by Gasteiger charge is -2.28. The van der Waals surface area contributed by atoms with Gasteiger partial charge in [0.05, 0.1) is 6.61 Å². The van der Waals surface area contributed by atoms with Crippen molar-refractivity contribution in [3.8, 4) is 16.9 Å². The number of fused-ring (bicyclic) bond motifs is 1.